The molecule has 2 atom stereocenters. The second kappa shape index (κ2) is 11.6. The number of alkyl halides is 3. The quantitative estimate of drug-likeness (QED) is 0.393. The Morgan fingerprint density at radius 2 is 1.70 bits per heavy atom. The topological polar surface area (TPSA) is 62.7 Å². The van der Waals surface area contributed by atoms with Crippen molar-refractivity contribution in [3.8, 4) is 5.88 Å². The summed E-state index contributed by atoms with van der Waals surface area (Å²) < 4.78 is 44.1. The fourth-order valence-corrected chi connectivity index (χ4v) is 6.08. The first-order chi connectivity index (χ1) is 19.0. The molecule has 0 bridgehead atoms. The molecule has 2 aromatic rings. The molecule has 10 heteroatoms. The van der Waals surface area contributed by atoms with E-state index >= 15 is 0 Å². The molecule has 0 N–H and O–H groups in total. The van der Waals surface area contributed by atoms with Crippen LogP contribution in [0.5, 0.6) is 5.88 Å². The third-order valence-corrected chi connectivity index (χ3v) is 9.07. The highest BCUT2D eigenvalue weighted by molar-refractivity contribution is 6.30. The zero-order chi connectivity index (χ0) is 28.5. The number of nitrogens with zero attached hydrogens (tertiary/aromatic N) is 3. The Morgan fingerprint density at radius 3 is 2.30 bits per heavy atom. The van der Waals surface area contributed by atoms with Crippen LogP contribution in [0.4, 0.5) is 13.2 Å². The monoisotopic (exact) mass is 577 g/mol. The lowest BCUT2D eigenvalue weighted by molar-refractivity contribution is -0.144. The maximum absolute atomic E-state index is 13.6. The Labute approximate surface area is 237 Å². The highest BCUT2D eigenvalue weighted by Crippen LogP contribution is 2.47. The summed E-state index contributed by atoms with van der Waals surface area (Å²) in [5.41, 5.74) is 0.100. The van der Waals surface area contributed by atoms with Gasteiger partial charge in [-0.3, -0.25) is 9.59 Å². The lowest BCUT2D eigenvalue weighted by Crippen LogP contribution is -2.49. The average Bonchev–Trinajstić information content (AvgIpc) is 3.71. The number of benzene rings is 1. The summed E-state index contributed by atoms with van der Waals surface area (Å²) in [6.07, 6.45) is 1.11. The van der Waals surface area contributed by atoms with Gasteiger partial charge in [-0.2, -0.15) is 13.2 Å². The maximum atomic E-state index is 13.6. The molecule has 1 aromatic carbocycles. The van der Waals surface area contributed by atoms with Crippen molar-refractivity contribution in [3.05, 3.63) is 58.7 Å². The second-order valence-electron chi connectivity index (χ2n) is 11.6. The van der Waals surface area contributed by atoms with Crippen LogP contribution in [0.3, 0.4) is 0 Å². The van der Waals surface area contributed by atoms with Crippen LogP contribution in [0, 0.1) is 17.3 Å². The van der Waals surface area contributed by atoms with Gasteiger partial charge in [0.1, 0.15) is 0 Å². The number of ether oxygens (including phenoxy) is 1. The molecule has 2 saturated heterocycles. The largest absolute Gasteiger partial charge is 0.478 e. The second-order valence-corrected chi connectivity index (χ2v) is 12.1. The van der Waals surface area contributed by atoms with Gasteiger partial charge in [0.15, 0.2) is 0 Å². The first kappa shape index (κ1) is 28.7. The molecule has 0 spiro atoms. The molecule has 1 saturated carbocycles. The molecule has 3 aliphatic rings. The van der Waals surface area contributed by atoms with Gasteiger partial charge in [0.2, 0.25) is 17.7 Å². The summed E-state index contributed by atoms with van der Waals surface area (Å²) in [4.78, 5) is 34.0. The molecule has 40 heavy (non-hydrogen) atoms. The minimum absolute atomic E-state index is 0.0763. The molecule has 2 amide bonds. The zero-order valence-corrected chi connectivity index (χ0v) is 23.4. The van der Waals surface area contributed by atoms with Gasteiger partial charge >= 0.3 is 6.18 Å². The van der Waals surface area contributed by atoms with E-state index in [1.165, 1.54) is 6.07 Å². The van der Waals surface area contributed by atoms with E-state index in [9.17, 15) is 22.8 Å². The fraction of sp³-hybridized carbons (Fsp3) is 0.567. The number of piperidine rings is 2. The van der Waals surface area contributed by atoms with Gasteiger partial charge in [0.05, 0.1) is 12.2 Å². The molecule has 3 fully saturated rings. The number of aromatic nitrogens is 1. The van der Waals surface area contributed by atoms with E-state index in [1.54, 1.807) is 0 Å². The van der Waals surface area contributed by atoms with E-state index in [0.717, 1.165) is 37.1 Å². The summed E-state index contributed by atoms with van der Waals surface area (Å²) >= 11 is 6.13. The summed E-state index contributed by atoms with van der Waals surface area (Å²) in [5.74, 6) is 0.772. The van der Waals surface area contributed by atoms with Crippen molar-refractivity contribution in [2.24, 2.45) is 17.3 Å². The lowest BCUT2D eigenvalue weighted by atomic mass is 9.78. The third kappa shape index (κ3) is 6.56. The molecule has 0 unspecified atom stereocenters. The predicted molar refractivity (Wildman–Crippen MR) is 145 cm³/mol. The summed E-state index contributed by atoms with van der Waals surface area (Å²) in [6, 6.07) is 9.90. The van der Waals surface area contributed by atoms with Crippen molar-refractivity contribution in [2.75, 3.05) is 32.8 Å². The number of pyridine rings is 1. The lowest BCUT2D eigenvalue weighted by Gasteiger charge is -2.41. The highest BCUT2D eigenvalue weighted by Gasteiger charge is 2.48. The number of hydrogen-bond donors (Lipinski definition) is 0. The Kier molecular flexibility index (Phi) is 8.32. The maximum Gasteiger partial charge on any atom is 0.417 e. The first-order valence-electron chi connectivity index (χ1n) is 14.0. The number of likely N-dealkylation sites (tertiary alicyclic amines) is 2. The SMILES string of the molecule is CC1(C(=O)N2CCC(C(=O)N3CC[C@@H](CCOc4ccc(C(F)(F)F)cn4)[C@@H](c4ccc(Cl)cc4)C3)CC2)CC1. The fourth-order valence-electron chi connectivity index (χ4n) is 5.95. The van der Waals surface area contributed by atoms with Crippen LogP contribution in [0.15, 0.2) is 42.6 Å². The van der Waals surface area contributed by atoms with Crippen LogP contribution in [0.25, 0.3) is 0 Å². The van der Waals surface area contributed by atoms with E-state index in [-0.39, 0.29) is 40.9 Å². The molecule has 5 rings (SSSR count). The van der Waals surface area contributed by atoms with E-state index in [1.807, 2.05) is 41.0 Å². The molecule has 0 radical (unpaired) electrons. The molecular formula is C30H35ClF3N3O3. The molecular weight excluding hydrogens is 543 g/mol. The van der Waals surface area contributed by atoms with Crippen LogP contribution in [0.2, 0.25) is 5.02 Å². The summed E-state index contributed by atoms with van der Waals surface area (Å²) in [5, 5.41) is 0.641. The van der Waals surface area contributed by atoms with Gasteiger partial charge in [0.25, 0.3) is 0 Å². The molecule has 3 heterocycles. The van der Waals surface area contributed by atoms with E-state index in [2.05, 4.69) is 4.98 Å². The van der Waals surface area contributed by atoms with Crippen LogP contribution in [-0.4, -0.2) is 59.4 Å². The van der Waals surface area contributed by atoms with Gasteiger partial charge in [0, 0.05) is 60.7 Å². The van der Waals surface area contributed by atoms with Crippen molar-refractivity contribution in [1.82, 2.24) is 14.8 Å². The molecule has 1 aromatic heterocycles. The summed E-state index contributed by atoms with van der Waals surface area (Å²) in [7, 11) is 0. The number of carbonyl (C=O) groups excluding carboxylic acids is 2. The van der Waals surface area contributed by atoms with Crippen molar-refractivity contribution in [2.45, 2.75) is 57.5 Å². The predicted octanol–water partition coefficient (Wildman–Crippen LogP) is 6.19. The van der Waals surface area contributed by atoms with Gasteiger partial charge in [-0.25, -0.2) is 4.98 Å². The van der Waals surface area contributed by atoms with E-state index in [0.29, 0.717) is 57.1 Å². The Bertz CT molecular complexity index is 1190. The number of amides is 2. The molecule has 6 nitrogen and oxygen atoms in total. The zero-order valence-electron chi connectivity index (χ0n) is 22.6. The average molecular weight is 578 g/mol. The molecule has 216 valence electrons. The minimum Gasteiger partial charge on any atom is -0.478 e. The van der Waals surface area contributed by atoms with Crippen molar-refractivity contribution in [1.29, 1.82) is 0 Å². The standard InChI is InChI=1S/C30H35ClF3N3O3/c1-29(12-13-29)28(39)36-14-9-22(10-15-36)27(38)37-16-8-21(25(19-37)20-2-5-24(31)6-3-20)11-17-40-26-7-4-23(18-35-26)30(32,33)34/h2-7,18,21-22,25H,8-17,19H2,1H3/t21-,25+/m0/s1. The summed E-state index contributed by atoms with van der Waals surface area (Å²) in [6.45, 7) is 4.84. The Morgan fingerprint density at radius 1 is 1.02 bits per heavy atom. The number of halogens is 4. The van der Waals surface area contributed by atoms with Crippen LogP contribution in [-0.2, 0) is 15.8 Å². The van der Waals surface area contributed by atoms with Crippen LogP contribution >= 0.6 is 11.6 Å². The van der Waals surface area contributed by atoms with Gasteiger partial charge in [-0.15, -0.1) is 0 Å². The third-order valence-electron chi connectivity index (χ3n) is 8.82. The Balaban J connectivity index is 1.19. The van der Waals surface area contributed by atoms with Gasteiger partial charge in [-0.05, 0) is 68.2 Å². The van der Waals surface area contributed by atoms with Crippen LogP contribution < -0.4 is 4.74 Å². The number of carbonyl (C=O) groups is 2. The Hall–Kier alpha value is -2.81. The number of rotatable bonds is 7. The smallest absolute Gasteiger partial charge is 0.417 e. The minimum atomic E-state index is -4.44. The molecule has 2 aliphatic heterocycles. The van der Waals surface area contributed by atoms with Crippen molar-refractivity contribution in [3.63, 3.8) is 0 Å². The van der Waals surface area contributed by atoms with E-state index in [4.69, 9.17) is 16.3 Å². The van der Waals surface area contributed by atoms with E-state index < -0.39 is 11.7 Å². The number of hydrogen-bond acceptors (Lipinski definition) is 4. The first-order valence-corrected chi connectivity index (χ1v) is 14.4. The normalized spacial score (nSPS) is 23.1. The molecule has 1 aliphatic carbocycles. The van der Waals surface area contributed by atoms with Gasteiger partial charge in [-0.1, -0.05) is 30.7 Å². The highest BCUT2D eigenvalue weighted by atomic mass is 35.5. The van der Waals surface area contributed by atoms with Gasteiger partial charge < -0.3 is 14.5 Å². The van der Waals surface area contributed by atoms with Crippen molar-refractivity contribution >= 4 is 23.4 Å². The van der Waals surface area contributed by atoms with Crippen LogP contribution in [0.1, 0.15) is 62.5 Å². The van der Waals surface area contributed by atoms with Crippen molar-refractivity contribution < 1.29 is 27.5 Å².